The van der Waals surface area contributed by atoms with E-state index in [9.17, 15) is 0 Å². The van der Waals surface area contributed by atoms with Crippen molar-refractivity contribution in [3.63, 3.8) is 0 Å². The third-order valence-corrected chi connectivity index (χ3v) is 12.6. The molecule has 49 heavy (non-hydrogen) atoms. The van der Waals surface area contributed by atoms with E-state index in [0.717, 1.165) is 33.1 Å². The van der Waals surface area contributed by atoms with Crippen LogP contribution in [0.25, 0.3) is 22.8 Å². The third-order valence-electron chi connectivity index (χ3n) is 6.17. The first-order chi connectivity index (χ1) is 23.9. The molecule has 0 unspecified atom stereocenters. The molecule has 0 aliphatic rings. The Morgan fingerprint density at radius 2 is 0.816 bits per heavy atom. The fourth-order valence-electron chi connectivity index (χ4n) is 4.39. The zero-order valence-corrected chi connectivity index (χ0v) is 32.5. The summed E-state index contributed by atoms with van der Waals surface area (Å²) < 4.78 is 38.8. The molecule has 4 aromatic rings. The van der Waals surface area contributed by atoms with Crippen molar-refractivity contribution in [3.8, 4) is 32.1 Å². The van der Waals surface area contributed by atoms with Crippen molar-refractivity contribution < 1.29 is 43.7 Å². The first-order valence-corrected chi connectivity index (χ1v) is 21.1. The quantitative estimate of drug-likeness (QED) is 0.143. The maximum atomic E-state index is 7.63. The summed E-state index contributed by atoms with van der Waals surface area (Å²) in [5.41, 5.74) is 3.31. The van der Waals surface area contributed by atoms with Gasteiger partial charge in [-0.05, 0) is 77.9 Å². The molecule has 0 spiro atoms. The molecule has 0 bridgehead atoms. The zero-order valence-electron chi connectivity index (χ0n) is 28.8. The van der Waals surface area contributed by atoms with Gasteiger partial charge in [0.05, 0.1) is 22.8 Å². The molecule has 0 atom stereocenters. The minimum absolute atomic E-state index is 0.536. The van der Waals surface area contributed by atoms with Crippen LogP contribution in [-0.4, -0.2) is 77.2 Å². The van der Waals surface area contributed by atoms with Crippen molar-refractivity contribution in [2.45, 2.75) is 41.5 Å². The molecule has 4 aromatic heterocycles. The van der Waals surface area contributed by atoms with Crippen molar-refractivity contribution in [3.05, 3.63) is 85.5 Å². The van der Waals surface area contributed by atoms with E-state index in [2.05, 4.69) is 19.9 Å². The van der Waals surface area contributed by atoms with Gasteiger partial charge in [-0.1, -0.05) is 24.3 Å². The van der Waals surface area contributed by atoms with E-state index in [-0.39, 0.29) is 0 Å². The molecular weight excluding hydrogens is 746 g/mol. The number of pyridine rings is 4. The fourth-order valence-corrected chi connectivity index (χ4v) is 9.28. The summed E-state index contributed by atoms with van der Waals surface area (Å²) in [4.78, 5) is 17.6. The topological polar surface area (TPSA) is 155 Å². The average molecular weight is 790 g/mol. The fraction of sp³-hybridized carbons (Fsp3) is 0.353. The van der Waals surface area contributed by atoms with Crippen LogP contribution in [0.2, 0.25) is 0 Å². The van der Waals surface area contributed by atoms with Gasteiger partial charge in [0.2, 0.25) is 0 Å². The Hall–Kier alpha value is -3.60. The van der Waals surface area contributed by atoms with Crippen molar-refractivity contribution in [2.75, 3.05) is 39.6 Å². The predicted octanol–water partition coefficient (Wildman–Crippen LogP) is 4.83. The van der Waals surface area contributed by atoms with Gasteiger partial charge >= 0.3 is 54.6 Å². The Morgan fingerprint density at radius 3 is 1.02 bits per heavy atom. The molecule has 15 heteroatoms. The van der Waals surface area contributed by atoms with Crippen LogP contribution in [0.15, 0.2) is 85.5 Å². The van der Waals surface area contributed by atoms with Crippen LogP contribution in [0.5, 0.6) is 0 Å². The van der Waals surface area contributed by atoms with Gasteiger partial charge in [0.15, 0.2) is 0 Å². The molecule has 0 fully saturated rings. The van der Waals surface area contributed by atoms with Gasteiger partial charge in [0.1, 0.15) is 0 Å². The van der Waals surface area contributed by atoms with Gasteiger partial charge in [-0.15, -0.1) is 0 Å². The molecule has 4 heterocycles. The number of rotatable bonds is 16. The molecule has 0 amide bonds. The first-order valence-electron chi connectivity index (χ1n) is 15.9. The Bertz CT molecular complexity index is 1400. The Labute approximate surface area is 299 Å². The summed E-state index contributed by atoms with van der Waals surface area (Å²) in [7, 11) is -5.76. The van der Waals surface area contributed by atoms with Crippen molar-refractivity contribution in [1.82, 2.24) is 19.9 Å². The van der Waals surface area contributed by atoms with Gasteiger partial charge in [-0.25, -0.2) is 0 Å². The second kappa shape index (κ2) is 23.7. The van der Waals surface area contributed by atoms with Gasteiger partial charge < -0.3 is 26.6 Å². The Kier molecular flexibility index (Phi) is 20.1. The van der Waals surface area contributed by atoms with Crippen LogP contribution in [-0.2, 0) is 43.7 Å². The van der Waals surface area contributed by atoms with E-state index in [1.807, 2.05) is 102 Å². The Morgan fingerprint density at radius 1 is 0.490 bits per heavy atom. The zero-order chi connectivity index (χ0) is 35.8. The van der Waals surface area contributed by atoms with Crippen molar-refractivity contribution in [1.29, 1.82) is 10.5 Å². The predicted molar refractivity (Wildman–Crippen MR) is 187 cm³/mol. The average Bonchev–Trinajstić information content (AvgIpc) is 3.14. The van der Waals surface area contributed by atoms with Crippen LogP contribution in [0.1, 0.15) is 41.5 Å². The molecule has 0 aromatic carbocycles. The summed E-state index contributed by atoms with van der Waals surface area (Å²) in [5, 5.41) is 17.0. The summed E-state index contributed by atoms with van der Waals surface area (Å²) in [6.45, 7) is 14.9. The minimum atomic E-state index is -2.88. The van der Waals surface area contributed by atoms with Gasteiger partial charge in [0.25, 0.3) is 0 Å². The molecule has 12 nitrogen and oxygen atoms in total. The van der Waals surface area contributed by atoms with E-state index in [1.165, 1.54) is 0 Å². The number of hydrogen-bond donors (Lipinski definition) is 0. The Balaban J connectivity index is 0.000000299. The second-order valence-electron chi connectivity index (χ2n) is 9.25. The molecule has 0 saturated carbocycles. The summed E-state index contributed by atoms with van der Waals surface area (Å²) >= 11 is -0.620. The number of nitriles is 2. The van der Waals surface area contributed by atoms with Crippen LogP contribution in [0.4, 0.5) is 0 Å². The third kappa shape index (κ3) is 13.0. The normalized spacial score (nSPS) is 10.9. The van der Waals surface area contributed by atoms with Gasteiger partial charge in [-0.3, -0.25) is 19.9 Å². The molecule has 0 radical (unpaired) electrons. The number of hydrogen-bond acceptors (Lipinski definition) is 12. The number of nitrogens with zero attached hydrogens (tertiary/aromatic N) is 6. The van der Waals surface area contributed by atoms with Crippen molar-refractivity contribution in [2.24, 2.45) is 0 Å². The SMILES string of the molecule is CCO[Si](OCC)(OCC)c1ccc(-c2ccccn2)nc1.CCO[Si](OCC)(OCC)c1ccc(-c2ccccn2)nc1.N#[C][Ru][C]#N. The molecular formula is C34H44N6O6RuSi2. The summed E-state index contributed by atoms with van der Waals surface area (Å²) in [6.07, 6.45) is 7.06. The van der Waals surface area contributed by atoms with Crippen LogP contribution < -0.4 is 10.4 Å². The standard InChI is InChI=1S/2C16H22N2O3Si.2CN.Ru/c2*1-4-19-22(20-5-2,21-6-3)14-10-11-16(18-13-14)15-9-7-8-12-17-15;2*1-2;/h2*7-13H,4-6H2,1-3H3;;;. The summed E-state index contributed by atoms with van der Waals surface area (Å²) in [6, 6.07) is 19.3. The van der Waals surface area contributed by atoms with Crippen LogP contribution in [0.3, 0.4) is 0 Å². The number of aromatic nitrogens is 4. The maximum absolute atomic E-state index is 7.63. The van der Waals surface area contributed by atoms with E-state index in [4.69, 9.17) is 37.1 Å². The van der Waals surface area contributed by atoms with Gasteiger partial charge in [0, 0.05) is 74.8 Å². The molecule has 0 aliphatic heterocycles. The van der Waals surface area contributed by atoms with E-state index in [0.29, 0.717) is 39.6 Å². The van der Waals surface area contributed by atoms with Crippen molar-refractivity contribution >= 4 is 28.0 Å². The van der Waals surface area contributed by atoms with Crippen LogP contribution in [0, 0.1) is 19.9 Å². The molecule has 262 valence electrons. The second-order valence-corrected chi connectivity index (χ2v) is 15.6. The van der Waals surface area contributed by atoms with Crippen LogP contribution >= 0.6 is 0 Å². The van der Waals surface area contributed by atoms with E-state index < -0.39 is 34.7 Å². The summed E-state index contributed by atoms with van der Waals surface area (Å²) in [5.74, 6) is 0. The van der Waals surface area contributed by atoms with E-state index in [1.54, 1.807) is 34.1 Å². The molecule has 4 rings (SSSR count). The first kappa shape index (κ1) is 41.6. The monoisotopic (exact) mass is 790 g/mol. The molecule has 0 N–H and O–H groups in total. The van der Waals surface area contributed by atoms with Gasteiger partial charge in [-0.2, -0.15) is 0 Å². The van der Waals surface area contributed by atoms with E-state index >= 15 is 0 Å². The molecule has 0 aliphatic carbocycles. The molecule has 0 saturated heterocycles.